The van der Waals surface area contributed by atoms with E-state index in [-0.39, 0.29) is 11.3 Å². The second-order valence-corrected chi connectivity index (χ2v) is 2.72. The fraction of sp³-hybridized carbons (Fsp3) is 0. The molecule has 0 aromatic heterocycles. The van der Waals surface area contributed by atoms with Crippen LogP contribution in [0, 0.1) is 0 Å². The van der Waals surface area contributed by atoms with Crippen LogP contribution in [0.25, 0.3) is 5.76 Å². The Morgan fingerprint density at radius 1 is 1.13 bits per heavy atom. The van der Waals surface area contributed by atoms with Gasteiger partial charge < -0.3 is 15.3 Å². The Bertz CT molecular complexity index is 433. The van der Waals surface area contributed by atoms with Crippen molar-refractivity contribution in [2.24, 2.45) is 0 Å². The van der Waals surface area contributed by atoms with Crippen LogP contribution in [-0.2, 0) is 9.59 Å². The highest BCUT2D eigenvalue weighted by molar-refractivity contribution is 6.38. The summed E-state index contributed by atoms with van der Waals surface area (Å²) in [6.45, 7) is 0. The van der Waals surface area contributed by atoms with Gasteiger partial charge in [-0.15, -0.1) is 0 Å². The lowest BCUT2D eigenvalue weighted by Gasteiger charge is -2.01. The number of carbonyl (C=O) groups excluding carboxylic acids is 1. The molecule has 0 bridgehead atoms. The SMILES string of the molecule is O=C(O)C(=O)/C=C(\O)c1ccccc1O. The molecule has 0 atom stereocenters. The first-order valence-electron chi connectivity index (χ1n) is 3.98. The molecule has 0 unspecified atom stereocenters. The van der Waals surface area contributed by atoms with Crippen LogP contribution in [0.15, 0.2) is 30.3 Å². The highest BCUT2D eigenvalue weighted by Gasteiger charge is 2.12. The van der Waals surface area contributed by atoms with Crippen molar-refractivity contribution in [3.8, 4) is 5.75 Å². The summed E-state index contributed by atoms with van der Waals surface area (Å²) >= 11 is 0. The van der Waals surface area contributed by atoms with Crippen LogP contribution in [0.4, 0.5) is 0 Å². The fourth-order valence-electron chi connectivity index (χ4n) is 0.954. The number of aliphatic carboxylic acids is 1. The molecule has 78 valence electrons. The van der Waals surface area contributed by atoms with E-state index in [1.807, 2.05) is 0 Å². The van der Waals surface area contributed by atoms with Crippen LogP contribution in [0.1, 0.15) is 5.56 Å². The van der Waals surface area contributed by atoms with Crippen molar-refractivity contribution < 1.29 is 24.9 Å². The van der Waals surface area contributed by atoms with Crippen molar-refractivity contribution in [2.45, 2.75) is 0 Å². The average Bonchev–Trinajstić information content (AvgIpc) is 2.18. The van der Waals surface area contributed by atoms with Crippen LogP contribution < -0.4 is 0 Å². The molecule has 0 fully saturated rings. The molecule has 0 aliphatic rings. The van der Waals surface area contributed by atoms with E-state index in [2.05, 4.69) is 0 Å². The van der Waals surface area contributed by atoms with Crippen LogP contribution in [0.2, 0.25) is 0 Å². The van der Waals surface area contributed by atoms with Gasteiger partial charge in [0.1, 0.15) is 11.5 Å². The lowest BCUT2D eigenvalue weighted by atomic mass is 10.1. The Labute approximate surface area is 84.9 Å². The molecule has 0 radical (unpaired) electrons. The number of rotatable bonds is 3. The van der Waals surface area contributed by atoms with Crippen molar-refractivity contribution >= 4 is 17.5 Å². The van der Waals surface area contributed by atoms with E-state index < -0.39 is 17.5 Å². The number of phenolic OH excluding ortho intramolecular Hbond substituents is 1. The van der Waals surface area contributed by atoms with E-state index in [4.69, 9.17) is 5.11 Å². The number of carboxylic acid groups (broad SMARTS) is 1. The van der Waals surface area contributed by atoms with Crippen LogP contribution in [0.3, 0.4) is 0 Å². The van der Waals surface area contributed by atoms with E-state index >= 15 is 0 Å². The number of hydrogen-bond donors (Lipinski definition) is 3. The molecule has 15 heavy (non-hydrogen) atoms. The fourth-order valence-corrected chi connectivity index (χ4v) is 0.954. The molecule has 5 nitrogen and oxygen atoms in total. The van der Waals surface area contributed by atoms with Crippen molar-refractivity contribution in [2.75, 3.05) is 0 Å². The van der Waals surface area contributed by atoms with Crippen LogP contribution >= 0.6 is 0 Å². The monoisotopic (exact) mass is 208 g/mol. The molecule has 5 heteroatoms. The molecule has 0 heterocycles. The summed E-state index contributed by atoms with van der Waals surface area (Å²) in [6.07, 6.45) is 0.539. The van der Waals surface area contributed by atoms with E-state index in [1.165, 1.54) is 24.3 Å². The summed E-state index contributed by atoms with van der Waals surface area (Å²) in [7, 11) is 0. The van der Waals surface area contributed by atoms with Gasteiger partial charge in [0.25, 0.3) is 5.78 Å². The Hall–Kier alpha value is -2.30. The molecule has 1 aromatic carbocycles. The third-order valence-corrected chi connectivity index (χ3v) is 1.66. The van der Waals surface area contributed by atoms with E-state index in [1.54, 1.807) is 0 Å². The Kier molecular flexibility index (Phi) is 3.07. The molecule has 0 spiro atoms. The quantitative estimate of drug-likeness (QED) is 0.390. The second kappa shape index (κ2) is 4.28. The summed E-state index contributed by atoms with van der Waals surface area (Å²) in [4.78, 5) is 20.9. The number of phenols is 1. The van der Waals surface area contributed by atoms with Gasteiger partial charge in [-0.3, -0.25) is 4.79 Å². The maximum Gasteiger partial charge on any atom is 0.376 e. The maximum atomic E-state index is 10.7. The number of aliphatic hydroxyl groups is 1. The van der Waals surface area contributed by atoms with Gasteiger partial charge in [0.05, 0.1) is 5.56 Å². The predicted molar refractivity (Wildman–Crippen MR) is 51.4 cm³/mol. The molecule has 1 aromatic rings. The maximum absolute atomic E-state index is 10.7. The zero-order chi connectivity index (χ0) is 11.4. The normalized spacial score (nSPS) is 11.1. The minimum atomic E-state index is -1.67. The van der Waals surface area contributed by atoms with E-state index in [0.717, 1.165) is 0 Å². The van der Waals surface area contributed by atoms with E-state index in [9.17, 15) is 19.8 Å². The van der Waals surface area contributed by atoms with Gasteiger partial charge in [0.15, 0.2) is 0 Å². The van der Waals surface area contributed by atoms with Gasteiger partial charge in [0, 0.05) is 6.08 Å². The minimum Gasteiger partial charge on any atom is -0.507 e. The zero-order valence-corrected chi connectivity index (χ0v) is 7.54. The molecule has 0 saturated heterocycles. The molecular formula is C10H8O5. The summed E-state index contributed by atoms with van der Waals surface area (Å²) in [6, 6.07) is 5.73. The predicted octanol–water partition coefficient (Wildman–Crippen LogP) is 0.945. The highest BCUT2D eigenvalue weighted by atomic mass is 16.4. The minimum absolute atomic E-state index is 0.00657. The van der Waals surface area contributed by atoms with Gasteiger partial charge in [-0.05, 0) is 12.1 Å². The van der Waals surface area contributed by atoms with Gasteiger partial charge >= 0.3 is 5.97 Å². The third-order valence-electron chi connectivity index (χ3n) is 1.66. The van der Waals surface area contributed by atoms with Crippen molar-refractivity contribution in [3.05, 3.63) is 35.9 Å². The summed E-state index contributed by atoms with van der Waals surface area (Å²) in [5.74, 6) is -3.74. The average molecular weight is 208 g/mol. The number of carbonyl (C=O) groups is 2. The van der Waals surface area contributed by atoms with Crippen molar-refractivity contribution in [3.63, 3.8) is 0 Å². The molecule has 3 N–H and O–H groups in total. The summed E-state index contributed by atoms with van der Waals surface area (Å²) in [5, 5.41) is 26.9. The number of hydrogen-bond acceptors (Lipinski definition) is 4. The lowest BCUT2D eigenvalue weighted by molar-refractivity contribution is -0.146. The van der Waals surface area contributed by atoms with Gasteiger partial charge in [-0.1, -0.05) is 12.1 Å². The van der Waals surface area contributed by atoms with Gasteiger partial charge in [0.2, 0.25) is 0 Å². The van der Waals surface area contributed by atoms with Crippen molar-refractivity contribution in [1.29, 1.82) is 0 Å². The third kappa shape index (κ3) is 2.57. The number of para-hydroxylation sites is 1. The number of aromatic hydroxyl groups is 1. The molecular weight excluding hydrogens is 200 g/mol. The zero-order valence-electron chi connectivity index (χ0n) is 7.54. The number of aliphatic hydroxyl groups excluding tert-OH is 1. The molecule has 0 aliphatic carbocycles. The second-order valence-electron chi connectivity index (χ2n) is 2.72. The van der Waals surface area contributed by atoms with E-state index in [0.29, 0.717) is 6.08 Å². The molecule has 0 saturated carbocycles. The summed E-state index contributed by atoms with van der Waals surface area (Å²) in [5.41, 5.74) is 0.00657. The Morgan fingerprint density at radius 3 is 2.27 bits per heavy atom. The Balaban J connectivity index is 3.05. The number of ketones is 1. The summed E-state index contributed by atoms with van der Waals surface area (Å²) < 4.78 is 0. The van der Waals surface area contributed by atoms with Crippen molar-refractivity contribution in [1.82, 2.24) is 0 Å². The standard InChI is InChI=1S/C10H8O5/c11-7-4-2-1-3-6(7)8(12)5-9(13)10(14)15/h1-5,11-12H,(H,14,15)/b8-5-. The van der Waals surface area contributed by atoms with Crippen LogP contribution in [0.5, 0.6) is 5.75 Å². The molecule has 1 rings (SSSR count). The Morgan fingerprint density at radius 2 is 1.73 bits per heavy atom. The molecule has 0 aliphatic heterocycles. The first-order valence-corrected chi connectivity index (χ1v) is 3.98. The van der Waals surface area contributed by atoms with Gasteiger partial charge in [-0.25, -0.2) is 4.79 Å². The first kappa shape index (κ1) is 10.8. The lowest BCUT2D eigenvalue weighted by Crippen LogP contribution is -2.09. The van der Waals surface area contributed by atoms with Gasteiger partial charge in [-0.2, -0.15) is 0 Å². The number of benzene rings is 1. The topological polar surface area (TPSA) is 94.8 Å². The highest BCUT2D eigenvalue weighted by Crippen LogP contribution is 2.22. The largest absolute Gasteiger partial charge is 0.507 e. The number of carboxylic acids is 1. The molecule has 0 amide bonds. The van der Waals surface area contributed by atoms with Crippen LogP contribution in [-0.4, -0.2) is 27.1 Å². The smallest absolute Gasteiger partial charge is 0.376 e. The first-order chi connectivity index (χ1) is 7.02.